The number of amides is 5. The largest absolute Gasteiger partial charge is 0.444 e. The molecule has 0 aromatic heterocycles. The minimum atomic E-state index is -3.97. The molecule has 4 fully saturated rings. The van der Waals surface area contributed by atoms with E-state index in [0.717, 1.165) is 30.6 Å². The van der Waals surface area contributed by atoms with Crippen LogP contribution in [0.4, 0.5) is 14.0 Å². The van der Waals surface area contributed by atoms with E-state index in [1.54, 1.807) is 32.9 Å². The highest BCUT2D eigenvalue weighted by Gasteiger charge is 2.62. The predicted molar refractivity (Wildman–Crippen MR) is 204 cm³/mol. The maximum absolute atomic E-state index is 14.5. The molecule has 0 unspecified atom stereocenters. The first-order valence-electron chi connectivity index (χ1n) is 19.6. The van der Waals surface area contributed by atoms with Gasteiger partial charge in [0.1, 0.15) is 35.1 Å². The number of benzene rings is 1. The van der Waals surface area contributed by atoms with Crippen molar-refractivity contribution in [1.82, 2.24) is 25.2 Å². The normalized spacial score (nSPS) is 25.1. The average molecular weight is 814 g/mol. The van der Waals surface area contributed by atoms with Crippen LogP contribution in [0.3, 0.4) is 0 Å². The molecule has 0 bridgehead atoms. The summed E-state index contributed by atoms with van der Waals surface area (Å²) in [7, 11) is -3.97. The van der Waals surface area contributed by atoms with Gasteiger partial charge in [0.25, 0.3) is 5.91 Å². The Bertz CT molecular complexity index is 1940. The first kappa shape index (κ1) is 41.8. The van der Waals surface area contributed by atoms with Crippen molar-refractivity contribution in [3.8, 4) is 0 Å². The summed E-state index contributed by atoms with van der Waals surface area (Å²) in [5.41, 5.74) is -1.63. The number of fused-ring (bicyclic) bond motifs is 1. The molecule has 3 saturated carbocycles. The summed E-state index contributed by atoms with van der Waals surface area (Å²) in [6.07, 6.45) is 6.54. The van der Waals surface area contributed by atoms with Gasteiger partial charge < -0.3 is 25.0 Å². The number of alkyl carbamates (subject to hydrolysis) is 1. The van der Waals surface area contributed by atoms with E-state index in [0.29, 0.717) is 29.9 Å². The molecule has 5 amide bonds. The molecule has 5 aliphatic rings. The van der Waals surface area contributed by atoms with E-state index in [9.17, 15) is 41.6 Å². The molecular weight excluding hydrogens is 762 g/mol. The number of halogens is 1. The van der Waals surface area contributed by atoms with Gasteiger partial charge in [-0.15, -0.1) is 6.58 Å². The van der Waals surface area contributed by atoms with Gasteiger partial charge >= 0.3 is 12.2 Å². The standard InChI is InChI=1S/C40H52FN5O10S/c1-5-26-20-40(26,36(50)44-57(53,54)29-16-17-29)43-34(48)33-19-28(55-38(52)45-21-25-11-8-12-31(41)30(25)23-45)22-46(33)35(49)32(42-37(51)56-39(2,3)4)18-15-27(47)14-13-24-9-6-7-10-24/h5,8,11-14,24,26,28-29,32-33H,1,6-7,9-10,15-23H2,2-4H3,(H,42,51)(H,43,48)(H,44,50)/b14-13+/t26-,28-,32+,33+,40-/m1/s1. The minimum Gasteiger partial charge on any atom is -0.444 e. The Kier molecular flexibility index (Phi) is 12.2. The van der Waals surface area contributed by atoms with Gasteiger partial charge in [-0.25, -0.2) is 22.4 Å². The lowest BCUT2D eigenvalue weighted by Gasteiger charge is -2.30. The van der Waals surface area contributed by atoms with Gasteiger partial charge in [-0.2, -0.15) is 0 Å². The maximum Gasteiger partial charge on any atom is 0.410 e. The van der Waals surface area contributed by atoms with Gasteiger partial charge in [-0.1, -0.05) is 37.1 Å². The first-order valence-corrected chi connectivity index (χ1v) is 21.2. The summed E-state index contributed by atoms with van der Waals surface area (Å²) >= 11 is 0. The topological polar surface area (TPSA) is 198 Å². The summed E-state index contributed by atoms with van der Waals surface area (Å²) in [6.45, 7) is 8.39. The molecule has 1 aromatic rings. The van der Waals surface area contributed by atoms with Crippen LogP contribution in [0, 0.1) is 17.7 Å². The van der Waals surface area contributed by atoms with Crippen LogP contribution in [0.1, 0.15) is 96.1 Å². The second kappa shape index (κ2) is 16.6. The number of ether oxygens (including phenoxy) is 2. The number of nitrogens with zero attached hydrogens (tertiary/aromatic N) is 2. The number of sulfonamides is 1. The van der Waals surface area contributed by atoms with Crippen molar-refractivity contribution in [2.75, 3.05) is 6.54 Å². The smallest absolute Gasteiger partial charge is 0.410 e. The maximum atomic E-state index is 14.5. The summed E-state index contributed by atoms with van der Waals surface area (Å²) in [5, 5.41) is 4.54. The Labute approximate surface area is 332 Å². The highest BCUT2D eigenvalue weighted by Crippen LogP contribution is 2.45. The zero-order valence-electron chi connectivity index (χ0n) is 32.6. The van der Waals surface area contributed by atoms with E-state index in [4.69, 9.17) is 9.47 Å². The molecule has 2 aliphatic heterocycles. The third-order valence-corrected chi connectivity index (χ3v) is 13.0. The number of allylic oxidation sites excluding steroid dienone is 2. The molecule has 15 nitrogen and oxygen atoms in total. The van der Waals surface area contributed by atoms with Gasteiger partial charge in [0.2, 0.25) is 21.8 Å². The molecule has 0 radical (unpaired) electrons. The van der Waals surface area contributed by atoms with Crippen molar-refractivity contribution in [3.05, 3.63) is 60.0 Å². The van der Waals surface area contributed by atoms with Crippen LogP contribution in [0.15, 0.2) is 43.0 Å². The van der Waals surface area contributed by atoms with E-state index < -0.39 is 86.2 Å². The average Bonchev–Trinajstić information content (AvgIpc) is 3.92. The molecule has 0 spiro atoms. The molecule has 1 aromatic carbocycles. The van der Waals surface area contributed by atoms with Gasteiger partial charge in [0.05, 0.1) is 18.3 Å². The lowest BCUT2D eigenvalue weighted by atomic mass is 10.0. The van der Waals surface area contributed by atoms with Crippen molar-refractivity contribution in [1.29, 1.82) is 0 Å². The molecule has 2 heterocycles. The molecule has 6 rings (SSSR count). The predicted octanol–water partition coefficient (Wildman–Crippen LogP) is 3.91. The number of carbonyl (C=O) groups excluding carboxylic acids is 6. The monoisotopic (exact) mass is 813 g/mol. The van der Waals surface area contributed by atoms with Crippen LogP contribution in [0.5, 0.6) is 0 Å². The zero-order valence-corrected chi connectivity index (χ0v) is 33.4. The van der Waals surface area contributed by atoms with Crippen LogP contribution in [0.2, 0.25) is 0 Å². The fraction of sp³-hybridized carbons (Fsp3) is 0.600. The third kappa shape index (κ3) is 10.0. The van der Waals surface area contributed by atoms with Crippen molar-refractivity contribution in [2.24, 2.45) is 11.8 Å². The van der Waals surface area contributed by atoms with E-state index in [1.807, 2.05) is 6.08 Å². The first-order chi connectivity index (χ1) is 26.9. The van der Waals surface area contributed by atoms with Crippen LogP contribution in [-0.4, -0.2) is 95.0 Å². The van der Waals surface area contributed by atoms with Crippen molar-refractivity contribution < 1.29 is 51.0 Å². The van der Waals surface area contributed by atoms with Crippen LogP contribution in [-0.2, 0) is 51.8 Å². The van der Waals surface area contributed by atoms with Gasteiger partial charge in [0.15, 0.2) is 5.78 Å². The Morgan fingerprint density at radius 2 is 1.79 bits per heavy atom. The second-order valence-electron chi connectivity index (χ2n) is 16.8. The van der Waals surface area contributed by atoms with Crippen molar-refractivity contribution in [2.45, 2.75) is 133 Å². The molecular formula is C40H52FN5O10S. The number of rotatable bonds is 14. The van der Waals surface area contributed by atoms with Gasteiger partial charge in [0, 0.05) is 30.9 Å². The summed E-state index contributed by atoms with van der Waals surface area (Å²) < 4.78 is 53.2. The van der Waals surface area contributed by atoms with Gasteiger partial charge in [-0.3, -0.25) is 28.8 Å². The summed E-state index contributed by atoms with van der Waals surface area (Å²) in [6, 6.07) is 1.82. The zero-order chi connectivity index (χ0) is 41.3. The molecule has 17 heteroatoms. The Morgan fingerprint density at radius 1 is 1.07 bits per heavy atom. The number of hydrogen-bond donors (Lipinski definition) is 3. The molecule has 57 heavy (non-hydrogen) atoms. The molecule has 5 atom stereocenters. The molecule has 1 saturated heterocycles. The van der Waals surface area contributed by atoms with E-state index in [-0.39, 0.29) is 51.1 Å². The summed E-state index contributed by atoms with van der Waals surface area (Å²) in [5.74, 6) is -3.56. The highest BCUT2D eigenvalue weighted by atomic mass is 32.2. The van der Waals surface area contributed by atoms with E-state index >= 15 is 0 Å². The molecule has 310 valence electrons. The Hall–Kier alpha value is -4.80. The van der Waals surface area contributed by atoms with Crippen LogP contribution >= 0.6 is 0 Å². The lowest BCUT2D eigenvalue weighted by molar-refractivity contribution is -0.141. The quantitative estimate of drug-likeness (QED) is 0.183. The molecule has 3 aliphatic carbocycles. The van der Waals surface area contributed by atoms with E-state index in [1.165, 1.54) is 23.1 Å². The second-order valence-corrected chi connectivity index (χ2v) is 18.7. The Morgan fingerprint density at radius 3 is 2.42 bits per heavy atom. The van der Waals surface area contributed by atoms with Gasteiger partial charge in [-0.05, 0) is 82.9 Å². The van der Waals surface area contributed by atoms with E-state index in [2.05, 4.69) is 21.9 Å². The Balaban J connectivity index is 1.22. The van der Waals surface area contributed by atoms with Crippen LogP contribution in [0.25, 0.3) is 0 Å². The number of nitrogens with one attached hydrogen (secondary N) is 3. The van der Waals surface area contributed by atoms with Crippen molar-refractivity contribution >= 4 is 45.7 Å². The fourth-order valence-electron chi connectivity index (χ4n) is 7.79. The number of ketones is 1. The van der Waals surface area contributed by atoms with Crippen LogP contribution < -0.4 is 15.4 Å². The highest BCUT2D eigenvalue weighted by molar-refractivity contribution is 7.91. The number of hydrogen-bond acceptors (Lipinski definition) is 10. The summed E-state index contributed by atoms with van der Waals surface area (Å²) in [4.78, 5) is 84.1. The number of likely N-dealkylation sites (tertiary alicyclic amines) is 1. The van der Waals surface area contributed by atoms with Crippen molar-refractivity contribution in [3.63, 3.8) is 0 Å². The fourth-order valence-corrected chi connectivity index (χ4v) is 9.16. The SMILES string of the molecule is C=C[C@@H]1C[C@]1(NC(=O)[C@@H]1C[C@@H](OC(=O)N2Cc3cccc(F)c3C2)CN1C(=O)[C@H](CCC(=O)/C=C/C1CCCC1)NC(=O)OC(C)(C)C)C(=O)NS(=O)(=O)C1CC1. The third-order valence-electron chi connectivity index (χ3n) is 11.2. The molecule has 3 N–H and O–H groups in total. The minimum absolute atomic E-state index is 0.0461. The lowest BCUT2D eigenvalue weighted by Crippen LogP contribution is -2.58. The number of carbonyl (C=O) groups is 6.